The van der Waals surface area contributed by atoms with E-state index in [2.05, 4.69) is 36.3 Å². The number of likely N-dealkylation sites (N-methyl/N-ethyl adjacent to an activating group) is 1. The van der Waals surface area contributed by atoms with Gasteiger partial charge < -0.3 is 15.0 Å². The van der Waals surface area contributed by atoms with Crippen molar-refractivity contribution in [1.29, 1.82) is 0 Å². The zero-order chi connectivity index (χ0) is 18.8. The Morgan fingerprint density at radius 3 is 2.81 bits per heavy atom. The summed E-state index contributed by atoms with van der Waals surface area (Å²) in [6, 6.07) is 14.2. The van der Waals surface area contributed by atoms with Crippen molar-refractivity contribution in [2.24, 2.45) is 0 Å². The van der Waals surface area contributed by atoms with Crippen LogP contribution in [0.1, 0.15) is 27.1 Å². The van der Waals surface area contributed by atoms with Crippen molar-refractivity contribution < 1.29 is 9.53 Å². The van der Waals surface area contributed by atoms with Gasteiger partial charge in [-0.25, -0.2) is 4.79 Å². The van der Waals surface area contributed by atoms with Crippen LogP contribution in [0.3, 0.4) is 0 Å². The largest absolute Gasteiger partial charge is 0.445 e. The molecule has 0 atom stereocenters. The zero-order valence-electron chi connectivity index (χ0n) is 15.7. The van der Waals surface area contributed by atoms with Crippen molar-refractivity contribution in [3.8, 4) is 0 Å². The second kappa shape index (κ2) is 7.71. The van der Waals surface area contributed by atoms with Gasteiger partial charge in [-0.1, -0.05) is 36.4 Å². The van der Waals surface area contributed by atoms with Gasteiger partial charge in [0.2, 0.25) is 0 Å². The third-order valence-electron chi connectivity index (χ3n) is 5.16. The minimum Gasteiger partial charge on any atom is -0.445 e. The summed E-state index contributed by atoms with van der Waals surface area (Å²) in [7, 11) is 2.16. The summed E-state index contributed by atoms with van der Waals surface area (Å²) in [6.45, 7) is 4.98. The van der Waals surface area contributed by atoms with Gasteiger partial charge in [0.25, 0.3) is 0 Å². The van der Waals surface area contributed by atoms with E-state index in [1.54, 1.807) is 11.3 Å². The molecule has 0 saturated heterocycles. The number of nitrogens with zero attached hydrogens (tertiary/aromatic N) is 1. The number of benzene rings is 2. The lowest BCUT2D eigenvalue weighted by Gasteiger charge is -2.14. The summed E-state index contributed by atoms with van der Waals surface area (Å²) in [5.41, 5.74) is 5.17. The van der Waals surface area contributed by atoms with Crippen molar-refractivity contribution in [2.75, 3.05) is 13.6 Å². The zero-order valence-corrected chi connectivity index (χ0v) is 16.6. The molecule has 3 aromatic rings. The molecule has 2 heterocycles. The second-order valence-electron chi connectivity index (χ2n) is 7.14. The number of alkyl carbamates (subject to hydrolysis) is 1. The molecule has 1 N–H and O–H groups in total. The maximum Gasteiger partial charge on any atom is 0.407 e. The Morgan fingerprint density at radius 1 is 1.19 bits per heavy atom. The maximum absolute atomic E-state index is 12.1. The van der Waals surface area contributed by atoms with Gasteiger partial charge in [-0.2, -0.15) is 0 Å². The summed E-state index contributed by atoms with van der Waals surface area (Å²) in [5, 5.41) is 4.33. The summed E-state index contributed by atoms with van der Waals surface area (Å²) in [4.78, 5) is 15.7. The average molecular weight is 381 g/mol. The van der Waals surface area contributed by atoms with E-state index in [9.17, 15) is 4.79 Å². The number of hydrogen-bond donors (Lipinski definition) is 1. The number of rotatable bonds is 4. The average Bonchev–Trinajstić information content (AvgIpc) is 2.91. The lowest BCUT2D eigenvalue weighted by molar-refractivity contribution is 0.139. The van der Waals surface area contributed by atoms with Crippen LogP contribution in [-0.4, -0.2) is 24.6 Å². The fourth-order valence-electron chi connectivity index (χ4n) is 3.69. The molecular weight excluding hydrogens is 356 g/mol. The van der Waals surface area contributed by atoms with Gasteiger partial charge in [0.1, 0.15) is 6.61 Å². The van der Waals surface area contributed by atoms with E-state index < -0.39 is 0 Å². The predicted molar refractivity (Wildman–Crippen MR) is 110 cm³/mol. The van der Waals surface area contributed by atoms with Crippen LogP contribution >= 0.6 is 11.3 Å². The van der Waals surface area contributed by atoms with Gasteiger partial charge in [-0.05, 0) is 48.7 Å². The molecule has 140 valence electrons. The summed E-state index contributed by atoms with van der Waals surface area (Å²) < 4.78 is 6.66. The molecule has 0 fully saturated rings. The highest BCUT2D eigenvalue weighted by Gasteiger charge is 2.21. The van der Waals surface area contributed by atoms with Crippen LogP contribution in [0.5, 0.6) is 0 Å². The molecule has 2 aromatic carbocycles. The van der Waals surface area contributed by atoms with E-state index >= 15 is 0 Å². The summed E-state index contributed by atoms with van der Waals surface area (Å²) in [5.74, 6) is 0. The molecule has 4 nitrogen and oxygen atoms in total. The van der Waals surface area contributed by atoms with Crippen molar-refractivity contribution in [3.63, 3.8) is 0 Å². The van der Waals surface area contributed by atoms with E-state index in [4.69, 9.17) is 4.74 Å². The Balaban J connectivity index is 1.50. The first-order valence-electron chi connectivity index (χ1n) is 9.27. The number of aryl methyl sites for hydroxylation is 1. The van der Waals surface area contributed by atoms with Crippen LogP contribution in [0.2, 0.25) is 0 Å². The highest BCUT2D eigenvalue weighted by atomic mass is 32.1. The Kier molecular flexibility index (Phi) is 5.14. The van der Waals surface area contributed by atoms with E-state index in [0.717, 1.165) is 25.1 Å². The van der Waals surface area contributed by atoms with E-state index in [1.165, 1.54) is 31.7 Å². The number of nitrogens with one attached hydrogen (secondary N) is 1. The first kappa shape index (κ1) is 18.0. The van der Waals surface area contributed by atoms with Crippen LogP contribution in [-0.2, 0) is 30.9 Å². The highest BCUT2D eigenvalue weighted by Crippen LogP contribution is 2.37. The lowest BCUT2D eigenvalue weighted by Crippen LogP contribution is -2.24. The standard InChI is InChI=1S/C22H24N2O2S/c1-15-8-9-19-21-17(15)10-11-24(2)13-18(21)20(27-19)12-23-22(25)26-14-16-6-4-3-5-7-16/h3-9H,10-14H2,1-2H3,(H,23,25). The third kappa shape index (κ3) is 3.84. The molecule has 27 heavy (non-hydrogen) atoms. The number of carbonyl (C=O) groups is 1. The quantitative estimate of drug-likeness (QED) is 0.718. The van der Waals surface area contributed by atoms with Gasteiger partial charge in [0.15, 0.2) is 0 Å². The van der Waals surface area contributed by atoms with Crippen molar-refractivity contribution in [2.45, 2.75) is 33.0 Å². The van der Waals surface area contributed by atoms with E-state index in [1.807, 2.05) is 30.3 Å². The van der Waals surface area contributed by atoms with Gasteiger partial charge in [-0.3, -0.25) is 0 Å². The van der Waals surface area contributed by atoms with Gasteiger partial charge in [-0.15, -0.1) is 11.3 Å². The van der Waals surface area contributed by atoms with Crippen LogP contribution in [0.25, 0.3) is 10.1 Å². The second-order valence-corrected chi connectivity index (χ2v) is 8.28. The third-order valence-corrected chi connectivity index (χ3v) is 6.36. The van der Waals surface area contributed by atoms with Gasteiger partial charge in [0.05, 0.1) is 6.54 Å². The molecule has 0 bridgehead atoms. The predicted octanol–water partition coefficient (Wildman–Crippen LogP) is 4.62. The molecule has 0 radical (unpaired) electrons. The molecule has 1 aliphatic heterocycles. The Bertz CT molecular complexity index is 965. The fourth-order valence-corrected chi connectivity index (χ4v) is 4.87. The number of ether oxygens (including phenoxy) is 1. The van der Waals surface area contributed by atoms with Crippen molar-refractivity contribution in [3.05, 3.63) is 69.6 Å². The van der Waals surface area contributed by atoms with Gasteiger partial charge >= 0.3 is 6.09 Å². The highest BCUT2D eigenvalue weighted by molar-refractivity contribution is 7.19. The van der Waals surface area contributed by atoms with Crippen molar-refractivity contribution >= 4 is 27.5 Å². The number of hydrogen-bond acceptors (Lipinski definition) is 4. The molecule has 4 rings (SSSR count). The van der Waals surface area contributed by atoms with Gasteiger partial charge in [0, 0.05) is 28.1 Å². The summed E-state index contributed by atoms with van der Waals surface area (Å²) in [6.07, 6.45) is 0.706. The van der Waals surface area contributed by atoms with E-state index in [-0.39, 0.29) is 12.7 Å². The molecule has 1 aromatic heterocycles. The van der Waals surface area contributed by atoms with E-state index in [0.29, 0.717) is 6.54 Å². The Labute approximate surface area is 163 Å². The topological polar surface area (TPSA) is 41.6 Å². The summed E-state index contributed by atoms with van der Waals surface area (Å²) >= 11 is 1.78. The SMILES string of the molecule is Cc1ccc2sc(CNC(=O)OCc3ccccc3)c3c2c1CCN(C)C3. The fraction of sp³-hybridized carbons (Fsp3) is 0.318. The molecule has 5 heteroatoms. The molecule has 0 spiro atoms. The molecular formula is C22H24N2O2S. The molecule has 1 aliphatic rings. The molecule has 0 unspecified atom stereocenters. The monoisotopic (exact) mass is 380 g/mol. The maximum atomic E-state index is 12.1. The minimum absolute atomic E-state index is 0.290. The van der Waals surface area contributed by atoms with Crippen LogP contribution < -0.4 is 5.32 Å². The van der Waals surface area contributed by atoms with Crippen LogP contribution in [0, 0.1) is 6.92 Å². The normalized spacial score (nSPS) is 14.1. The van der Waals surface area contributed by atoms with Crippen LogP contribution in [0.15, 0.2) is 42.5 Å². The number of carbonyl (C=O) groups excluding carboxylic acids is 1. The Morgan fingerprint density at radius 2 is 2.00 bits per heavy atom. The number of thiophene rings is 1. The number of amides is 1. The minimum atomic E-state index is -0.373. The Hall–Kier alpha value is -2.37. The van der Waals surface area contributed by atoms with Crippen LogP contribution in [0.4, 0.5) is 4.79 Å². The smallest absolute Gasteiger partial charge is 0.407 e. The first-order valence-corrected chi connectivity index (χ1v) is 10.1. The molecule has 0 saturated carbocycles. The van der Waals surface area contributed by atoms with Crippen molar-refractivity contribution in [1.82, 2.24) is 10.2 Å². The molecule has 0 aliphatic carbocycles. The first-order chi connectivity index (χ1) is 13.1. The molecule has 1 amide bonds. The lowest BCUT2D eigenvalue weighted by atomic mass is 9.99.